The SMILES string of the molecule is CONC(=O)[CH]C(C)(C)C. The van der Waals surface area contributed by atoms with Gasteiger partial charge in [0.05, 0.1) is 13.5 Å². The van der Waals surface area contributed by atoms with Crippen molar-refractivity contribution < 1.29 is 9.63 Å². The molecule has 0 bridgehead atoms. The quantitative estimate of drug-likeness (QED) is 0.585. The van der Waals surface area contributed by atoms with Gasteiger partial charge in [-0.2, -0.15) is 0 Å². The maximum absolute atomic E-state index is 10.8. The maximum Gasteiger partial charge on any atom is 0.247 e. The van der Waals surface area contributed by atoms with Crippen LogP contribution in [0.5, 0.6) is 0 Å². The van der Waals surface area contributed by atoms with Gasteiger partial charge in [0.2, 0.25) is 5.91 Å². The van der Waals surface area contributed by atoms with Gasteiger partial charge in [0.1, 0.15) is 0 Å². The van der Waals surface area contributed by atoms with Gasteiger partial charge < -0.3 is 0 Å². The van der Waals surface area contributed by atoms with E-state index in [2.05, 4.69) is 10.3 Å². The van der Waals surface area contributed by atoms with Crippen molar-refractivity contribution in [1.82, 2.24) is 5.48 Å². The standard InChI is InChI=1S/C7H14NO2/c1-7(2,3)5-6(9)8-10-4/h5H,1-4H3,(H,8,9). The third-order valence-electron chi connectivity index (χ3n) is 0.767. The van der Waals surface area contributed by atoms with Crippen LogP contribution in [0.3, 0.4) is 0 Å². The number of carbonyl (C=O) groups excluding carboxylic acids is 1. The van der Waals surface area contributed by atoms with Crippen molar-refractivity contribution in [2.45, 2.75) is 20.8 Å². The van der Waals surface area contributed by atoms with Gasteiger partial charge in [-0.05, 0) is 5.41 Å². The zero-order valence-electron chi connectivity index (χ0n) is 6.89. The first-order valence-electron chi connectivity index (χ1n) is 3.14. The maximum atomic E-state index is 10.8. The molecule has 3 nitrogen and oxygen atoms in total. The normalized spacial score (nSPS) is 11.2. The lowest BCUT2D eigenvalue weighted by molar-refractivity contribution is -0.128. The zero-order valence-corrected chi connectivity index (χ0v) is 6.89. The lowest BCUT2D eigenvalue weighted by Gasteiger charge is -2.15. The lowest BCUT2D eigenvalue weighted by atomic mass is 9.92. The highest BCUT2D eigenvalue weighted by Crippen LogP contribution is 2.16. The van der Waals surface area contributed by atoms with Crippen molar-refractivity contribution in [3.63, 3.8) is 0 Å². The molecular weight excluding hydrogens is 130 g/mol. The molecule has 0 fully saturated rings. The zero-order chi connectivity index (χ0) is 8.20. The van der Waals surface area contributed by atoms with Crippen LogP contribution >= 0.6 is 0 Å². The molecule has 0 aromatic heterocycles. The summed E-state index contributed by atoms with van der Waals surface area (Å²) < 4.78 is 0. The molecule has 0 aromatic rings. The van der Waals surface area contributed by atoms with Crippen LogP contribution in [0.4, 0.5) is 0 Å². The second kappa shape index (κ2) is 3.56. The van der Waals surface area contributed by atoms with Crippen molar-refractivity contribution in [1.29, 1.82) is 0 Å². The fraction of sp³-hybridized carbons (Fsp3) is 0.714. The van der Waals surface area contributed by atoms with Crippen LogP contribution in [0.25, 0.3) is 0 Å². The Bertz CT molecular complexity index is 115. The number of rotatable bonds is 2. The summed E-state index contributed by atoms with van der Waals surface area (Å²) in [5.41, 5.74) is 2.11. The Balaban J connectivity index is 3.58. The third kappa shape index (κ3) is 5.56. The van der Waals surface area contributed by atoms with Gasteiger partial charge >= 0.3 is 0 Å². The van der Waals surface area contributed by atoms with Crippen LogP contribution in [0, 0.1) is 11.8 Å². The summed E-state index contributed by atoms with van der Waals surface area (Å²) in [5, 5.41) is 0. The van der Waals surface area contributed by atoms with Crippen molar-refractivity contribution in [3.05, 3.63) is 6.42 Å². The molecule has 1 radical (unpaired) electrons. The Morgan fingerprint density at radius 2 is 2.00 bits per heavy atom. The van der Waals surface area contributed by atoms with E-state index in [0.717, 1.165) is 0 Å². The van der Waals surface area contributed by atoms with Gasteiger partial charge in [0.25, 0.3) is 0 Å². The Kier molecular flexibility index (Phi) is 3.36. The van der Waals surface area contributed by atoms with Crippen LogP contribution in [0.1, 0.15) is 20.8 Å². The number of nitrogens with one attached hydrogen (secondary N) is 1. The van der Waals surface area contributed by atoms with E-state index in [9.17, 15) is 4.79 Å². The largest absolute Gasteiger partial charge is 0.277 e. The molecule has 3 heteroatoms. The number of hydrogen-bond acceptors (Lipinski definition) is 2. The minimum atomic E-state index is -0.199. The van der Waals surface area contributed by atoms with E-state index in [1.54, 1.807) is 6.42 Å². The topological polar surface area (TPSA) is 38.3 Å². The van der Waals surface area contributed by atoms with Gasteiger partial charge in [-0.3, -0.25) is 9.63 Å². The summed E-state index contributed by atoms with van der Waals surface area (Å²) in [5.74, 6) is -0.199. The summed E-state index contributed by atoms with van der Waals surface area (Å²) in [4.78, 5) is 15.2. The highest BCUT2D eigenvalue weighted by atomic mass is 16.6. The minimum Gasteiger partial charge on any atom is -0.277 e. The number of carbonyl (C=O) groups is 1. The highest BCUT2D eigenvalue weighted by Gasteiger charge is 2.15. The minimum absolute atomic E-state index is 0.0946. The lowest BCUT2D eigenvalue weighted by Crippen LogP contribution is -2.27. The van der Waals surface area contributed by atoms with Crippen LogP contribution < -0.4 is 5.48 Å². The molecule has 59 valence electrons. The molecule has 0 aliphatic carbocycles. The fourth-order valence-corrected chi connectivity index (χ4v) is 0.523. The number of amides is 1. The summed E-state index contributed by atoms with van der Waals surface area (Å²) in [7, 11) is 1.41. The predicted molar refractivity (Wildman–Crippen MR) is 38.9 cm³/mol. The summed E-state index contributed by atoms with van der Waals surface area (Å²) in [6.07, 6.45) is 1.57. The van der Waals surface area contributed by atoms with E-state index in [1.807, 2.05) is 20.8 Å². The monoisotopic (exact) mass is 144 g/mol. The summed E-state index contributed by atoms with van der Waals surface area (Å²) >= 11 is 0. The molecule has 0 aliphatic heterocycles. The molecule has 0 rings (SSSR count). The van der Waals surface area contributed by atoms with Crippen LogP contribution in [0.15, 0.2) is 0 Å². The first-order chi connectivity index (χ1) is 4.45. The average molecular weight is 144 g/mol. The Morgan fingerprint density at radius 3 is 2.30 bits per heavy atom. The number of hydrogen-bond donors (Lipinski definition) is 1. The van der Waals surface area contributed by atoms with Gasteiger partial charge in [-0.15, -0.1) is 0 Å². The van der Waals surface area contributed by atoms with Gasteiger partial charge in [0, 0.05) is 0 Å². The first-order valence-corrected chi connectivity index (χ1v) is 3.14. The van der Waals surface area contributed by atoms with Crippen LogP contribution in [-0.4, -0.2) is 13.0 Å². The summed E-state index contributed by atoms with van der Waals surface area (Å²) in [6.45, 7) is 5.84. The van der Waals surface area contributed by atoms with E-state index < -0.39 is 0 Å². The van der Waals surface area contributed by atoms with Crippen LogP contribution in [0.2, 0.25) is 0 Å². The average Bonchev–Trinajstić information content (AvgIpc) is 1.59. The molecule has 0 unspecified atom stereocenters. The Morgan fingerprint density at radius 1 is 1.50 bits per heavy atom. The van der Waals surface area contributed by atoms with E-state index in [-0.39, 0.29) is 11.3 Å². The van der Waals surface area contributed by atoms with Crippen molar-refractivity contribution >= 4 is 5.91 Å². The number of hydroxylamine groups is 1. The summed E-state index contributed by atoms with van der Waals surface area (Å²) in [6, 6.07) is 0. The molecule has 0 saturated heterocycles. The fourth-order valence-electron chi connectivity index (χ4n) is 0.523. The highest BCUT2D eigenvalue weighted by molar-refractivity contribution is 5.84. The third-order valence-corrected chi connectivity index (χ3v) is 0.767. The molecule has 0 spiro atoms. The van der Waals surface area contributed by atoms with Crippen LogP contribution in [-0.2, 0) is 9.63 Å². The molecular formula is C7H14NO2. The van der Waals surface area contributed by atoms with E-state index >= 15 is 0 Å². The Labute approximate surface area is 61.7 Å². The molecule has 10 heavy (non-hydrogen) atoms. The van der Waals surface area contributed by atoms with Gasteiger partial charge in [-0.25, -0.2) is 5.48 Å². The molecule has 0 heterocycles. The molecule has 0 aromatic carbocycles. The van der Waals surface area contributed by atoms with Gasteiger partial charge in [-0.1, -0.05) is 20.8 Å². The van der Waals surface area contributed by atoms with Gasteiger partial charge in [0.15, 0.2) is 0 Å². The molecule has 1 amide bonds. The molecule has 0 aliphatic rings. The Hall–Kier alpha value is -0.570. The molecule has 0 saturated carbocycles. The second-order valence-electron chi connectivity index (χ2n) is 3.18. The van der Waals surface area contributed by atoms with Crippen molar-refractivity contribution in [3.8, 4) is 0 Å². The second-order valence-corrected chi connectivity index (χ2v) is 3.18. The molecule has 0 atom stereocenters. The molecule has 1 N–H and O–H groups in total. The van der Waals surface area contributed by atoms with E-state index in [4.69, 9.17) is 0 Å². The van der Waals surface area contributed by atoms with E-state index in [1.165, 1.54) is 7.11 Å². The van der Waals surface area contributed by atoms with Crippen molar-refractivity contribution in [2.75, 3.05) is 7.11 Å². The van der Waals surface area contributed by atoms with E-state index in [0.29, 0.717) is 0 Å². The van der Waals surface area contributed by atoms with Crippen molar-refractivity contribution in [2.24, 2.45) is 5.41 Å². The smallest absolute Gasteiger partial charge is 0.247 e. The predicted octanol–water partition coefficient (Wildman–Crippen LogP) is 0.914. The first kappa shape index (κ1) is 9.43.